The fraction of sp³-hybridized carbons (Fsp3) is 0.500. The third-order valence-corrected chi connectivity index (χ3v) is 4.91. The lowest BCUT2D eigenvalue weighted by molar-refractivity contribution is 0.0794. The van der Waals surface area contributed by atoms with E-state index >= 15 is 0 Å². The lowest BCUT2D eigenvalue weighted by atomic mass is 10.0. The molecule has 20 heavy (non-hydrogen) atoms. The average Bonchev–Trinajstić information content (AvgIpc) is 3.08. The van der Waals surface area contributed by atoms with Crippen LogP contribution in [0.3, 0.4) is 0 Å². The van der Waals surface area contributed by atoms with Crippen molar-refractivity contribution in [3.8, 4) is 0 Å². The SMILES string of the molecule is Cc1nc(C)c(C(=O)N2CC[C@@H](c3[nH]ncc3C)C2)s1. The molecule has 0 spiro atoms. The lowest BCUT2D eigenvalue weighted by Gasteiger charge is -2.15. The van der Waals surface area contributed by atoms with E-state index < -0.39 is 0 Å². The molecule has 0 aromatic carbocycles. The van der Waals surface area contributed by atoms with Crippen molar-refractivity contribution >= 4 is 17.2 Å². The number of aromatic nitrogens is 3. The van der Waals surface area contributed by atoms with Gasteiger partial charge in [0.05, 0.1) is 16.9 Å². The van der Waals surface area contributed by atoms with Crippen LogP contribution in [-0.4, -0.2) is 39.1 Å². The van der Waals surface area contributed by atoms with E-state index in [4.69, 9.17) is 0 Å². The second kappa shape index (κ2) is 5.01. The number of aryl methyl sites for hydroxylation is 3. The summed E-state index contributed by atoms with van der Waals surface area (Å²) in [7, 11) is 0. The molecule has 106 valence electrons. The first-order valence-corrected chi connectivity index (χ1v) is 7.61. The van der Waals surface area contributed by atoms with Crippen LogP contribution in [0, 0.1) is 20.8 Å². The molecule has 2 aromatic rings. The minimum atomic E-state index is 0.118. The zero-order chi connectivity index (χ0) is 14.3. The Kier molecular flexibility index (Phi) is 3.33. The maximum atomic E-state index is 12.6. The molecule has 2 aromatic heterocycles. The van der Waals surface area contributed by atoms with Gasteiger partial charge in [-0.2, -0.15) is 5.10 Å². The Hall–Kier alpha value is -1.69. The normalized spacial score (nSPS) is 18.8. The molecule has 1 aliphatic rings. The second-order valence-electron chi connectivity index (χ2n) is 5.35. The first-order valence-electron chi connectivity index (χ1n) is 6.79. The van der Waals surface area contributed by atoms with Gasteiger partial charge in [-0.25, -0.2) is 4.98 Å². The van der Waals surface area contributed by atoms with Crippen LogP contribution in [-0.2, 0) is 0 Å². The number of hydrogen-bond donors (Lipinski definition) is 1. The van der Waals surface area contributed by atoms with Crippen LogP contribution in [0.5, 0.6) is 0 Å². The minimum absolute atomic E-state index is 0.118. The van der Waals surface area contributed by atoms with Crippen molar-refractivity contribution in [3.63, 3.8) is 0 Å². The number of amides is 1. The van der Waals surface area contributed by atoms with Crippen LogP contribution in [0.25, 0.3) is 0 Å². The van der Waals surface area contributed by atoms with Gasteiger partial charge in [-0.1, -0.05) is 0 Å². The number of carbonyl (C=O) groups excluding carboxylic acids is 1. The van der Waals surface area contributed by atoms with Crippen LogP contribution < -0.4 is 0 Å². The summed E-state index contributed by atoms with van der Waals surface area (Å²) in [6, 6.07) is 0. The van der Waals surface area contributed by atoms with Crippen LogP contribution in [0.2, 0.25) is 0 Å². The van der Waals surface area contributed by atoms with Crippen molar-refractivity contribution in [2.45, 2.75) is 33.1 Å². The first kappa shape index (κ1) is 13.3. The number of nitrogens with one attached hydrogen (secondary N) is 1. The Balaban J connectivity index is 1.76. The number of carbonyl (C=O) groups is 1. The molecule has 1 saturated heterocycles. The van der Waals surface area contributed by atoms with Gasteiger partial charge in [0.1, 0.15) is 4.88 Å². The highest BCUT2D eigenvalue weighted by Crippen LogP contribution is 2.30. The predicted molar refractivity (Wildman–Crippen MR) is 78.2 cm³/mol. The van der Waals surface area contributed by atoms with E-state index in [-0.39, 0.29) is 5.91 Å². The predicted octanol–water partition coefficient (Wildman–Crippen LogP) is 2.42. The van der Waals surface area contributed by atoms with Gasteiger partial charge in [-0.05, 0) is 32.8 Å². The number of thiazole rings is 1. The van der Waals surface area contributed by atoms with Gasteiger partial charge in [0.25, 0.3) is 5.91 Å². The van der Waals surface area contributed by atoms with Gasteiger partial charge in [-0.3, -0.25) is 9.89 Å². The maximum Gasteiger partial charge on any atom is 0.265 e. The van der Waals surface area contributed by atoms with Crippen LogP contribution in [0.4, 0.5) is 0 Å². The van der Waals surface area contributed by atoms with Crippen molar-refractivity contribution in [2.75, 3.05) is 13.1 Å². The van der Waals surface area contributed by atoms with Crippen LogP contribution >= 0.6 is 11.3 Å². The van der Waals surface area contributed by atoms with E-state index in [0.29, 0.717) is 5.92 Å². The smallest absolute Gasteiger partial charge is 0.265 e. The Morgan fingerprint density at radius 1 is 1.45 bits per heavy atom. The highest BCUT2D eigenvalue weighted by atomic mass is 32.1. The van der Waals surface area contributed by atoms with E-state index in [1.807, 2.05) is 24.9 Å². The standard InChI is InChI=1S/C14H18N4OS/c1-8-6-15-17-12(8)11-4-5-18(7-11)14(19)13-9(2)16-10(3)20-13/h6,11H,4-5,7H2,1-3H3,(H,15,17)/t11-/m1/s1. The molecule has 0 aliphatic carbocycles. The molecule has 0 unspecified atom stereocenters. The summed E-state index contributed by atoms with van der Waals surface area (Å²) in [5, 5.41) is 8.09. The van der Waals surface area contributed by atoms with Gasteiger partial charge in [0.15, 0.2) is 0 Å². The molecule has 3 heterocycles. The van der Waals surface area contributed by atoms with Gasteiger partial charge in [-0.15, -0.1) is 11.3 Å². The summed E-state index contributed by atoms with van der Waals surface area (Å²) in [6.07, 6.45) is 2.84. The second-order valence-corrected chi connectivity index (χ2v) is 6.55. The fourth-order valence-electron chi connectivity index (χ4n) is 2.82. The van der Waals surface area contributed by atoms with Crippen LogP contribution in [0.1, 0.15) is 44.0 Å². The molecule has 3 rings (SSSR count). The molecule has 1 N–H and O–H groups in total. The topological polar surface area (TPSA) is 61.9 Å². The number of H-pyrrole nitrogens is 1. The van der Waals surface area contributed by atoms with Crippen molar-refractivity contribution < 1.29 is 4.79 Å². The summed E-state index contributed by atoms with van der Waals surface area (Å²) in [5.41, 5.74) is 3.19. The number of likely N-dealkylation sites (tertiary alicyclic amines) is 1. The summed E-state index contributed by atoms with van der Waals surface area (Å²) < 4.78 is 0. The largest absolute Gasteiger partial charge is 0.337 e. The van der Waals surface area contributed by atoms with Crippen molar-refractivity contribution in [2.24, 2.45) is 0 Å². The van der Waals surface area contributed by atoms with Gasteiger partial charge in [0.2, 0.25) is 0 Å². The Morgan fingerprint density at radius 3 is 2.85 bits per heavy atom. The van der Waals surface area contributed by atoms with E-state index in [1.54, 1.807) is 0 Å². The lowest BCUT2D eigenvalue weighted by Crippen LogP contribution is -2.28. The number of rotatable bonds is 2. The third-order valence-electron chi connectivity index (χ3n) is 3.85. The molecule has 1 atom stereocenters. The van der Waals surface area contributed by atoms with Gasteiger partial charge >= 0.3 is 0 Å². The minimum Gasteiger partial charge on any atom is -0.337 e. The maximum absolute atomic E-state index is 12.6. The Labute approximate surface area is 122 Å². The highest BCUT2D eigenvalue weighted by molar-refractivity contribution is 7.13. The van der Waals surface area contributed by atoms with Crippen molar-refractivity contribution in [3.05, 3.63) is 33.0 Å². The molecule has 0 radical (unpaired) electrons. The molecular formula is C14H18N4OS. The summed E-state index contributed by atoms with van der Waals surface area (Å²) in [4.78, 5) is 19.6. The monoisotopic (exact) mass is 290 g/mol. The molecule has 1 aliphatic heterocycles. The van der Waals surface area contributed by atoms with E-state index in [1.165, 1.54) is 16.9 Å². The fourth-order valence-corrected chi connectivity index (χ4v) is 3.71. The van der Waals surface area contributed by atoms with Gasteiger partial charge < -0.3 is 4.90 Å². The van der Waals surface area contributed by atoms with E-state index in [9.17, 15) is 4.79 Å². The average molecular weight is 290 g/mol. The Morgan fingerprint density at radius 2 is 2.25 bits per heavy atom. The number of aromatic amines is 1. The molecule has 1 amide bonds. The molecular weight excluding hydrogens is 272 g/mol. The Bertz CT molecular complexity index is 645. The summed E-state index contributed by atoms with van der Waals surface area (Å²) >= 11 is 1.49. The van der Waals surface area contributed by atoms with Gasteiger partial charge in [0, 0.05) is 24.7 Å². The molecule has 1 fully saturated rings. The van der Waals surface area contributed by atoms with E-state index in [2.05, 4.69) is 22.1 Å². The summed E-state index contributed by atoms with van der Waals surface area (Å²) in [6.45, 7) is 7.47. The zero-order valence-electron chi connectivity index (χ0n) is 11.9. The summed E-state index contributed by atoms with van der Waals surface area (Å²) in [5.74, 6) is 0.489. The molecule has 0 bridgehead atoms. The van der Waals surface area contributed by atoms with Crippen molar-refractivity contribution in [1.29, 1.82) is 0 Å². The molecule has 0 saturated carbocycles. The first-order chi connectivity index (χ1) is 9.56. The van der Waals surface area contributed by atoms with Crippen molar-refractivity contribution in [1.82, 2.24) is 20.1 Å². The molecule has 5 nitrogen and oxygen atoms in total. The third kappa shape index (κ3) is 2.24. The zero-order valence-corrected chi connectivity index (χ0v) is 12.8. The number of hydrogen-bond acceptors (Lipinski definition) is 4. The highest BCUT2D eigenvalue weighted by Gasteiger charge is 2.31. The van der Waals surface area contributed by atoms with Crippen LogP contribution in [0.15, 0.2) is 6.20 Å². The molecule has 6 heteroatoms. The number of nitrogens with zero attached hydrogens (tertiary/aromatic N) is 3. The van der Waals surface area contributed by atoms with E-state index in [0.717, 1.165) is 40.8 Å². The quantitative estimate of drug-likeness (QED) is 0.924.